The third-order valence-electron chi connectivity index (χ3n) is 4.45. The molecule has 1 N–H and O–H groups in total. The van der Waals surface area contributed by atoms with E-state index in [1.54, 1.807) is 0 Å². The van der Waals surface area contributed by atoms with Crippen LogP contribution in [0.4, 0.5) is 5.69 Å². The molecule has 21 heavy (non-hydrogen) atoms. The van der Waals surface area contributed by atoms with Gasteiger partial charge in [0, 0.05) is 18.7 Å². The molecule has 1 saturated heterocycles. The van der Waals surface area contributed by atoms with E-state index in [9.17, 15) is 0 Å². The highest BCUT2D eigenvalue weighted by Crippen LogP contribution is 2.36. The molecule has 1 aromatic heterocycles. The van der Waals surface area contributed by atoms with Crippen molar-refractivity contribution in [2.45, 2.75) is 44.2 Å². The molecule has 110 valence electrons. The van der Waals surface area contributed by atoms with Gasteiger partial charge in [0.2, 0.25) is 11.7 Å². The average molecular weight is 285 g/mol. The molecular weight excluding hydrogens is 266 g/mol. The highest BCUT2D eigenvalue weighted by molar-refractivity contribution is 5.56. The Labute approximate surface area is 123 Å². The van der Waals surface area contributed by atoms with Gasteiger partial charge in [-0.1, -0.05) is 23.4 Å². The second-order valence-corrected chi connectivity index (χ2v) is 6.05. The number of nitrogens with one attached hydrogen (secondary N) is 1. The molecule has 5 heteroatoms. The van der Waals surface area contributed by atoms with Crippen molar-refractivity contribution in [1.82, 2.24) is 10.1 Å². The SMILES string of the molecule is CC1(c2noc(C3Cc4ccccc4N3)n2)CCCCO1. The number of aromatic nitrogens is 2. The predicted molar refractivity (Wildman–Crippen MR) is 78.0 cm³/mol. The zero-order valence-electron chi connectivity index (χ0n) is 12.1. The smallest absolute Gasteiger partial charge is 0.249 e. The van der Waals surface area contributed by atoms with Gasteiger partial charge in [0.05, 0.1) is 0 Å². The minimum atomic E-state index is -0.397. The van der Waals surface area contributed by atoms with Gasteiger partial charge in [-0.15, -0.1) is 0 Å². The summed E-state index contributed by atoms with van der Waals surface area (Å²) in [5.74, 6) is 1.33. The van der Waals surface area contributed by atoms with E-state index < -0.39 is 5.60 Å². The Morgan fingerprint density at radius 1 is 1.29 bits per heavy atom. The third-order valence-corrected chi connectivity index (χ3v) is 4.45. The zero-order chi connectivity index (χ0) is 14.3. The number of anilines is 1. The van der Waals surface area contributed by atoms with Gasteiger partial charge >= 0.3 is 0 Å². The van der Waals surface area contributed by atoms with Crippen LogP contribution in [0.25, 0.3) is 0 Å². The summed E-state index contributed by atoms with van der Waals surface area (Å²) in [5.41, 5.74) is 2.05. The maximum Gasteiger partial charge on any atom is 0.249 e. The van der Waals surface area contributed by atoms with Crippen molar-refractivity contribution in [2.24, 2.45) is 0 Å². The fraction of sp³-hybridized carbons (Fsp3) is 0.500. The van der Waals surface area contributed by atoms with Crippen molar-refractivity contribution in [2.75, 3.05) is 11.9 Å². The summed E-state index contributed by atoms with van der Waals surface area (Å²) in [6.45, 7) is 2.82. The van der Waals surface area contributed by atoms with Gasteiger partial charge in [-0.3, -0.25) is 0 Å². The fourth-order valence-electron chi connectivity index (χ4n) is 3.15. The molecule has 5 nitrogen and oxygen atoms in total. The number of hydrogen-bond acceptors (Lipinski definition) is 5. The lowest BCUT2D eigenvalue weighted by Crippen LogP contribution is -2.31. The van der Waals surface area contributed by atoms with E-state index in [1.807, 2.05) is 6.07 Å². The number of hydrogen-bond donors (Lipinski definition) is 1. The minimum absolute atomic E-state index is 0.0656. The molecule has 2 aliphatic rings. The molecule has 0 saturated carbocycles. The van der Waals surface area contributed by atoms with Crippen molar-refractivity contribution in [3.05, 3.63) is 41.5 Å². The monoisotopic (exact) mass is 285 g/mol. The second kappa shape index (κ2) is 4.84. The summed E-state index contributed by atoms with van der Waals surface area (Å²) >= 11 is 0. The van der Waals surface area contributed by atoms with Crippen LogP contribution in [0.5, 0.6) is 0 Å². The van der Waals surface area contributed by atoms with Crippen molar-refractivity contribution >= 4 is 5.69 Å². The number of benzene rings is 1. The Balaban J connectivity index is 1.56. The first-order valence-electron chi connectivity index (χ1n) is 7.57. The van der Waals surface area contributed by atoms with Crippen molar-refractivity contribution in [1.29, 1.82) is 0 Å². The fourth-order valence-corrected chi connectivity index (χ4v) is 3.15. The standard InChI is InChI=1S/C16H19N3O2/c1-16(8-4-5-9-20-16)15-18-14(21-19-15)13-10-11-6-2-3-7-12(11)17-13/h2-3,6-7,13,17H,4-5,8-10H2,1H3. The third kappa shape index (κ3) is 2.21. The van der Waals surface area contributed by atoms with Crippen LogP contribution in [-0.4, -0.2) is 16.7 Å². The number of para-hydroxylation sites is 1. The predicted octanol–water partition coefficient (Wildman–Crippen LogP) is 3.19. The molecule has 3 heterocycles. The number of rotatable bonds is 2. The van der Waals surface area contributed by atoms with Gasteiger partial charge in [-0.25, -0.2) is 0 Å². The van der Waals surface area contributed by atoms with Gasteiger partial charge in [0.1, 0.15) is 11.6 Å². The molecule has 0 aliphatic carbocycles. The first kappa shape index (κ1) is 12.8. The lowest BCUT2D eigenvalue weighted by atomic mass is 9.95. The van der Waals surface area contributed by atoms with Crippen LogP contribution in [0.2, 0.25) is 0 Å². The first-order chi connectivity index (χ1) is 10.2. The van der Waals surface area contributed by atoms with Gasteiger partial charge in [-0.2, -0.15) is 4.98 Å². The van der Waals surface area contributed by atoms with Crippen molar-refractivity contribution in [3.8, 4) is 0 Å². The Morgan fingerprint density at radius 2 is 2.19 bits per heavy atom. The van der Waals surface area contributed by atoms with E-state index in [0.29, 0.717) is 11.7 Å². The Morgan fingerprint density at radius 3 is 3.00 bits per heavy atom. The van der Waals surface area contributed by atoms with Crippen LogP contribution in [0, 0.1) is 0 Å². The van der Waals surface area contributed by atoms with E-state index >= 15 is 0 Å². The Kier molecular flexibility index (Phi) is 2.96. The van der Waals surface area contributed by atoms with Crippen LogP contribution >= 0.6 is 0 Å². The highest BCUT2D eigenvalue weighted by atomic mass is 16.5. The van der Waals surface area contributed by atoms with E-state index in [4.69, 9.17) is 9.26 Å². The summed E-state index contributed by atoms with van der Waals surface area (Å²) in [7, 11) is 0. The van der Waals surface area contributed by atoms with Gasteiger partial charge in [-0.05, 0) is 37.8 Å². The van der Waals surface area contributed by atoms with Gasteiger partial charge < -0.3 is 14.6 Å². The molecule has 2 aromatic rings. The average Bonchev–Trinajstić information content (AvgIpc) is 3.15. The molecule has 2 aliphatic heterocycles. The molecule has 1 aromatic carbocycles. The number of nitrogens with zero attached hydrogens (tertiary/aromatic N) is 2. The molecule has 0 radical (unpaired) electrons. The Hall–Kier alpha value is -1.88. The Bertz CT molecular complexity index is 621. The molecule has 0 bridgehead atoms. The molecule has 1 fully saturated rings. The molecular formula is C16H19N3O2. The molecule has 2 unspecified atom stereocenters. The summed E-state index contributed by atoms with van der Waals surface area (Å²) in [5, 5.41) is 7.61. The van der Waals surface area contributed by atoms with Gasteiger partial charge in [0.15, 0.2) is 0 Å². The molecule has 2 atom stereocenters. The maximum absolute atomic E-state index is 5.88. The first-order valence-corrected chi connectivity index (χ1v) is 7.57. The van der Waals surface area contributed by atoms with Crippen molar-refractivity contribution < 1.29 is 9.26 Å². The van der Waals surface area contributed by atoms with Crippen LogP contribution < -0.4 is 5.32 Å². The quantitative estimate of drug-likeness (QED) is 0.918. The van der Waals surface area contributed by atoms with E-state index in [2.05, 4.69) is 40.6 Å². The topological polar surface area (TPSA) is 60.2 Å². The van der Waals surface area contributed by atoms with Crippen LogP contribution in [0.1, 0.15) is 49.5 Å². The number of fused-ring (bicyclic) bond motifs is 1. The minimum Gasteiger partial charge on any atom is -0.373 e. The van der Waals surface area contributed by atoms with Crippen LogP contribution in [0.15, 0.2) is 28.8 Å². The molecule has 4 rings (SSSR count). The van der Waals surface area contributed by atoms with Crippen LogP contribution in [-0.2, 0) is 16.8 Å². The molecule has 0 spiro atoms. The lowest BCUT2D eigenvalue weighted by molar-refractivity contribution is -0.0770. The van der Waals surface area contributed by atoms with E-state index in [1.165, 1.54) is 5.56 Å². The number of ether oxygens (including phenoxy) is 1. The van der Waals surface area contributed by atoms with Crippen molar-refractivity contribution in [3.63, 3.8) is 0 Å². The summed E-state index contributed by atoms with van der Waals surface area (Å²) < 4.78 is 11.4. The van der Waals surface area contributed by atoms with Crippen LogP contribution in [0.3, 0.4) is 0 Å². The largest absolute Gasteiger partial charge is 0.373 e. The van der Waals surface area contributed by atoms with Gasteiger partial charge in [0.25, 0.3) is 0 Å². The second-order valence-electron chi connectivity index (χ2n) is 6.05. The maximum atomic E-state index is 5.88. The highest BCUT2D eigenvalue weighted by Gasteiger charge is 2.36. The summed E-state index contributed by atoms with van der Waals surface area (Å²) in [4.78, 5) is 4.61. The van der Waals surface area contributed by atoms with E-state index in [0.717, 1.165) is 38.0 Å². The summed E-state index contributed by atoms with van der Waals surface area (Å²) in [6, 6.07) is 8.36. The zero-order valence-corrected chi connectivity index (χ0v) is 12.1. The van der Waals surface area contributed by atoms with E-state index in [-0.39, 0.29) is 6.04 Å². The lowest BCUT2D eigenvalue weighted by Gasteiger charge is -2.30. The normalized spacial score (nSPS) is 28.1. The summed E-state index contributed by atoms with van der Waals surface area (Å²) in [6.07, 6.45) is 4.09. The molecule has 0 amide bonds.